The Kier molecular flexibility index (Phi) is 5.04. The van der Waals surface area contributed by atoms with Gasteiger partial charge in [0.2, 0.25) is 11.1 Å². The normalized spacial score (nSPS) is 11.9. The molecular weight excluding hydrogens is 334 g/mol. The van der Waals surface area contributed by atoms with Gasteiger partial charge < -0.3 is 11.2 Å². The third-order valence-electron chi connectivity index (χ3n) is 3.67. The van der Waals surface area contributed by atoms with Gasteiger partial charge in [-0.25, -0.2) is 4.68 Å². The largest absolute Gasteiger partial charge is 0.335 e. The molecule has 7 heteroatoms. The quantitative estimate of drug-likeness (QED) is 0.544. The second kappa shape index (κ2) is 7.40. The van der Waals surface area contributed by atoms with E-state index in [4.69, 9.17) is 5.84 Å². The highest BCUT2D eigenvalue weighted by molar-refractivity contribution is 8.00. The molecule has 1 atom stereocenters. The lowest BCUT2D eigenvalue weighted by atomic mass is 10.1. The summed E-state index contributed by atoms with van der Waals surface area (Å²) < 4.78 is 1.42. The molecule has 1 heterocycles. The fraction of sp³-hybridized carbons (Fsp3) is 0.167. The molecule has 0 aliphatic rings. The molecule has 0 fully saturated rings. The molecule has 3 aromatic rings. The Labute approximate surface area is 150 Å². The van der Waals surface area contributed by atoms with Gasteiger partial charge in [0.15, 0.2) is 5.82 Å². The molecule has 0 bridgehead atoms. The van der Waals surface area contributed by atoms with Gasteiger partial charge >= 0.3 is 0 Å². The maximum absolute atomic E-state index is 12.3. The summed E-state index contributed by atoms with van der Waals surface area (Å²) in [5.74, 6) is 6.57. The predicted molar refractivity (Wildman–Crippen MR) is 101 cm³/mol. The van der Waals surface area contributed by atoms with Crippen LogP contribution >= 0.6 is 11.8 Å². The van der Waals surface area contributed by atoms with Gasteiger partial charge in [-0.3, -0.25) is 4.79 Å². The molecule has 0 aliphatic carbocycles. The van der Waals surface area contributed by atoms with Crippen molar-refractivity contribution in [3.63, 3.8) is 0 Å². The van der Waals surface area contributed by atoms with Crippen LogP contribution in [0.15, 0.2) is 59.8 Å². The number of nitrogens with one attached hydrogen (secondary N) is 1. The standard InChI is InChI=1S/C18H19N5OS/c1-12-8-10-14(11-9-12)16-21-22-18(23(16)19)25-13(2)17(24)20-15-6-4-3-5-7-15/h3-11,13H,19H2,1-2H3,(H,20,24)/t13-/m1/s1. The van der Waals surface area contributed by atoms with E-state index in [1.54, 1.807) is 0 Å². The predicted octanol–water partition coefficient (Wildman–Crippen LogP) is 3.09. The zero-order valence-corrected chi connectivity index (χ0v) is 14.8. The van der Waals surface area contributed by atoms with Crippen LogP contribution in [0.1, 0.15) is 12.5 Å². The van der Waals surface area contributed by atoms with Crippen LogP contribution in [0, 0.1) is 6.92 Å². The maximum atomic E-state index is 12.3. The van der Waals surface area contributed by atoms with Gasteiger partial charge in [-0.2, -0.15) is 0 Å². The Hall–Kier alpha value is -2.80. The maximum Gasteiger partial charge on any atom is 0.237 e. The first kappa shape index (κ1) is 17.0. The summed E-state index contributed by atoms with van der Waals surface area (Å²) >= 11 is 1.27. The van der Waals surface area contributed by atoms with Crippen molar-refractivity contribution in [3.8, 4) is 11.4 Å². The summed E-state index contributed by atoms with van der Waals surface area (Å²) in [7, 11) is 0. The van der Waals surface area contributed by atoms with Crippen molar-refractivity contribution in [3.05, 3.63) is 60.2 Å². The number of thioether (sulfide) groups is 1. The number of carbonyl (C=O) groups excluding carboxylic acids is 1. The number of nitrogen functional groups attached to an aromatic ring is 1. The average Bonchev–Trinajstić information content (AvgIpc) is 2.97. The van der Waals surface area contributed by atoms with Crippen molar-refractivity contribution in [2.24, 2.45) is 0 Å². The van der Waals surface area contributed by atoms with E-state index in [1.807, 2.05) is 68.4 Å². The lowest BCUT2D eigenvalue weighted by molar-refractivity contribution is -0.115. The van der Waals surface area contributed by atoms with Crippen LogP contribution < -0.4 is 11.2 Å². The van der Waals surface area contributed by atoms with Gasteiger partial charge in [-0.1, -0.05) is 59.8 Å². The molecule has 1 aromatic heterocycles. The van der Waals surface area contributed by atoms with E-state index in [0.717, 1.165) is 16.8 Å². The second-order valence-electron chi connectivity index (χ2n) is 5.66. The number of carbonyl (C=O) groups is 1. The van der Waals surface area contributed by atoms with Gasteiger partial charge in [-0.05, 0) is 26.0 Å². The minimum atomic E-state index is -0.363. The first-order valence-corrected chi connectivity index (χ1v) is 8.72. The average molecular weight is 353 g/mol. The molecular formula is C18H19N5OS. The summed E-state index contributed by atoms with van der Waals surface area (Å²) in [6.07, 6.45) is 0. The zero-order valence-electron chi connectivity index (χ0n) is 14.0. The van der Waals surface area contributed by atoms with Gasteiger partial charge in [0.1, 0.15) is 0 Å². The summed E-state index contributed by atoms with van der Waals surface area (Å²) in [5.41, 5.74) is 2.80. The molecule has 128 valence electrons. The fourth-order valence-electron chi connectivity index (χ4n) is 2.23. The van der Waals surface area contributed by atoms with E-state index in [0.29, 0.717) is 11.0 Å². The highest BCUT2D eigenvalue weighted by Crippen LogP contribution is 2.25. The van der Waals surface area contributed by atoms with E-state index in [1.165, 1.54) is 16.4 Å². The Bertz CT molecular complexity index is 861. The third kappa shape index (κ3) is 4.00. The molecule has 0 saturated heterocycles. The number of para-hydroxylation sites is 1. The van der Waals surface area contributed by atoms with Crippen LogP contribution in [0.2, 0.25) is 0 Å². The molecule has 3 rings (SSSR count). The summed E-state index contributed by atoms with van der Waals surface area (Å²) in [6, 6.07) is 17.2. The van der Waals surface area contributed by atoms with Gasteiger partial charge in [0.25, 0.3) is 0 Å². The van der Waals surface area contributed by atoms with Crippen molar-refractivity contribution in [2.45, 2.75) is 24.3 Å². The molecule has 0 saturated carbocycles. The zero-order chi connectivity index (χ0) is 17.8. The third-order valence-corrected chi connectivity index (χ3v) is 4.72. The summed E-state index contributed by atoms with van der Waals surface area (Å²) in [5, 5.41) is 11.3. The van der Waals surface area contributed by atoms with Crippen molar-refractivity contribution >= 4 is 23.4 Å². The first-order chi connectivity index (χ1) is 12.0. The van der Waals surface area contributed by atoms with Crippen LogP contribution in [-0.4, -0.2) is 26.0 Å². The van der Waals surface area contributed by atoms with Crippen LogP contribution in [0.25, 0.3) is 11.4 Å². The Morgan fingerprint density at radius 2 is 1.80 bits per heavy atom. The van der Waals surface area contributed by atoms with Gasteiger partial charge in [0.05, 0.1) is 5.25 Å². The van der Waals surface area contributed by atoms with E-state index in [2.05, 4.69) is 15.5 Å². The van der Waals surface area contributed by atoms with E-state index >= 15 is 0 Å². The number of amides is 1. The van der Waals surface area contributed by atoms with Crippen LogP contribution in [0.4, 0.5) is 5.69 Å². The fourth-order valence-corrected chi connectivity index (χ4v) is 3.00. The SMILES string of the molecule is Cc1ccc(-c2nnc(S[C@H](C)C(=O)Nc3ccccc3)n2N)cc1. The number of hydrogen-bond donors (Lipinski definition) is 2. The number of aromatic nitrogens is 3. The number of benzene rings is 2. The molecule has 0 aliphatic heterocycles. The lowest BCUT2D eigenvalue weighted by Gasteiger charge is -2.11. The molecule has 3 N–H and O–H groups in total. The van der Waals surface area contributed by atoms with Crippen molar-refractivity contribution in [2.75, 3.05) is 11.2 Å². The lowest BCUT2D eigenvalue weighted by Crippen LogP contribution is -2.23. The monoisotopic (exact) mass is 353 g/mol. The highest BCUT2D eigenvalue weighted by Gasteiger charge is 2.20. The van der Waals surface area contributed by atoms with E-state index in [9.17, 15) is 4.79 Å². The molecule has 0 radical (unpaired) electrons. The second-order valence-corrected chi connectivity index (χ2v) is 6.97. The Morgan fingerprint density at radius 1 is 1.12 bits per heavy atom. The molecule has 6 nitrogen and oxygen atoms in total. The van der Waals surface area contributed by atoms with Crippen molar-refractivity contribution in [1.29, 1.82) is 0 Å². The number of anilines is 1. The smallest absolute Gasteiger partial charge is 0.237 e. The van der Waals surface area contributed by atoms with Crippen LogP contribution in [-0.2, 0) is 4.79 Å². The Balaban J connectivity index is 1.70. The molecule has 0 spiro atoms. The number of aryl methyl sites for hydroxylation is 1. The van der Waals surface area contributed by atoms with Crippen molar-refractivity contribution in [1.82, 2.24) is 14.9 Å². The molecule has 25 heavy (non-hydrogen) atoms. The number of rotatable bonds is 5. The highest BCUT2D eigenvalue weighted by atomic mass is 32.2. The number of nitrogens with two attached hydrogens (primary N) is 1. The first-order valence-electron chi connectivity index (χ1n) is 7.84. The minimum Gasteiger partial charge on any atom is -0.335 e. The molecule has 0 unspecified atom stereocenters. The topological polar surface area (TPSA) is 85.8 Å². The number of hydrogen-bond acceptors (Lipinski definition) is 5. The molecule has 1 amide bonds. The van der Waals surface area contributed by atoms with Crippen LogP contribution in [0.3, 0.4) is 0 Å². The van der Waals surface area contributed by atoms with E-state index < -0.39 is 0 Å². The minimum absolute atomic E-state index is 0.115. The Morgan fingerprint density at radius 3 is 2.48 bits per heavy atom. The van der Waals surface area contributed by atoms with Crippen molar-refractivity contribution < 1.29 is 4.79 Å². The summed E-state index contributed by atoms with van der Waals surface area (Å²) in [4.78, 5) is 12.3. The van der Waals surface area contributed by atoms with Crippen LogP contribution in [0.5, 0.6) is 0 Å². The van der Waals surface area contributed by atoms with Gasteiger partial charge in [0, 0.05) is 11.3 Å². The molecule has 2 aromatic carbocycles. The van der Waals surface area contributed by atoms with Gasteiger partial charge in [-0.15, -0.1) is 10.2 Å². The summed E-state index contributed by atoms with van der Waals surface area (Å²) in [6.45, 7) is 3.83. The van der Waals surface area contributed by atoms with E-state index in [-0.39, 0.29) is 11.2 Å². The number of nitrogens with zero attached hydrogens (tertiary/aromatic N) is 3.